The molecule has 0 aliphatic heterocycles. The van der Waals surface area contributed by atoms with Crippen LogP contribution in [0.25, 0.3) is 0 Å². The van der Waals surface area contributed by atoms with Crippen molar-refractivity contribution in [3.63, 3.8) is 0 Å². The van der Waals surface area contributed by atoms with Gasteiger partial charge in [0.15, 0.2) is 23.1 Å². The fraction of sp³-hybridized carbons (Fsp3) is 0.391. The number of benzene rings is 2. The van der Waals surface area contributed by atoms with Crippen LogP contribution in [0.2, 0.25) is 0 Å². The maximum atomic E-state index is 6.37. The lowest BCUT2D eigenvalue weighted by molar-refractivity contribution is 0.296. The van der Waals surface area contributed by atoms with Crippen molar-refractivity contribution < 1.29 is 14.2 Å². The van der Waals surface area contributed by atoms with Gasteiger partial charge in [-0.2, -0.15) is 5.10 Å². The number of hydrogen-bond donors (Lipinski definition) is 2. The molecule has 0 saturated carbocycles. The first-order valence-corrected chi connectivity index (χ1v) is 10.0. The molecule has 0 bridgehead atoms. The molecular weight excluding hydrogens is 380 g/mol. The van der Waals surface area contributed by atoms with E-state index in [-0.39, 0.29) is 12.0 Å². The summed E-state index contributed by atoms with van der Waals surface area (Å²) in [7, 11) is 1.61. The van der Waals surface area contributed by atoms with Crippen LogP contribution in [-0.2, 0) is 12.0 Å². The Hall–Kier alpha value is -3.06. The van der Waals surface area contributed by atoms with Gasteiger partial charge in [-0.25, -0.2) is 4.98 Å². The SMILES string of the molecule is CCOc1cc([C@H](N)c2n[nH]c(COc3ccc(C(C)(C)C)cc3)n2)ccc1OC. The van der Waals surface area contributed by atoms with Crippen LogP contribution in [0.3, 0.4) is 0 Å². The first-order chi connectivity index (χ1) is 14.3. The summed E-state index contributed by atoms with van der Waals surface area (Å²) in [5.74, 6) is 3.19. The Bertz CT molecular complexity index is 961. The monoisotopic (exact) mass is 410 g/mol. The summed E-state index contributed by atoms with van der Waals surface area (Å²) >= 11 is 0. The third kappa shape index (κ3) is 5.10. The van der Waals surface area contributed by atoms with E-state index in [2.05, 4.69) is 48.1 Å². The Morgan fingerprint density at radius 2 is 1.77 bits per heavy atom. The van der Waals surface area contributed by atoms with Crippen molar-refractivity contribution in [2.24, 2.45) is 5.73 Å². The Morgan fingerprint density at radius 1 is 1.03 bits per heavy atom. The molecule has 7 nitrogen and oxygen atoms in total. The molecule has 0 unspecified atom stereocenters. The third-order valence-corrected chi connectivity index (χ3v) is 4.77. The van der Waals surface area contributed by atoms with E-state index >= 15 is 0 Å². The van der Waals surface area contributed by atoms with E-state index in [1.807, 2.05) is 37.3 Å². The van der Waals surface area contributed by atoms with Crippen molar-refractivity contribution >= 4 is 0 Å². The van der Waals surface area contributed by atoms with Crippen LogP contribution in [0.5, 0.6) is 17.2 Å². The Labute approximate surface area is 177 Å². The average molecular weight is 411 g/mol. The summed E-state index contributed by atoms with van der Waals surface area (Å²) < 4.78 is 16.8. The van der Waals surface area contributed by atoms with Crippen LogP contribution in [0.15, 0.2) is 42.5 Å². The Kier molecular flexibility index (Phi) is 6.62. The van der Waals surface area contributed by atoms with Gasteiger partial charge in [0.1, 0.15) is 12.4 Å². The number of nitrogens with two attached hydrogens (primary N) is 1. The highest BCUT2D eigenvalue weighted by Crippen LogP contribution is 2.31. The van der Waals surface area contributed by atoms with Crippen LogP contribution in [0.1, 0.15) is 56.5 Å². The molecule has 0 aliphatic rings. The number of aromatic amines is 1. The zero-order chi connectivity index (χ0) is 21.7. The Balaban J connectivity index is 1.66. The lowest BCUT2D eigenvalue weighted by Gasteiger charge is -2.19. The van der Waals surface area contributed by atoms with Crippen LogP contribution in [0, 0.1) is 0 Å². The van der Waals surface area contributed by atoms with Gasteiger partial charge in [-0.15, -0.1) is 0 Å². The van der Waals surface area contributed by atoms with E-state index < -0.39 is 6.04 Å². The van der Waals surface area contributed by atoms with Gasteiger partial charge < -0.3 is 19.9 Å². The highest BCUT2D eigenvalue weighted by molar-refractivity contribution is 5.44. The number of methoxy groups -OCH3 is 1. The van der Waals surface area contributed by atoms with Gasteiger partial charge in [0, 0.05) is 0 Å². The number of aromatic nitrogens is 3. The van der Waals surface area contributed by atoms with Crippen molar-refractivity contribution in [3.05, 3.63) is 65.2 Å². The minimum absolute atomic E-state index is 0.109. The second-order valence-corrected chi connectivity index (χ2v) is 8.02. The fourth-order valence-corrected chi connectivity index (χ4v) is 3.02. The normalized spacial score (nSPS) is 12.5. The first-order valence-electron chi connectivity index (χ1n) is 10.0. The molecule has 3 N–H and O–H groups in total. The van der Waals surface area contributed by atoms with Gasteiger partial charge in [-0.3, -0.25) is 5.10 Å². The average Bonchev–Trinajstić information content (AvgIpc) is 3.20. The van der Waals surface area contributed by atoms with E-state index in [4.69, 9.17) is 19.9 Å². The maximum absolute atomic E-state index is 6.37. The largest absolute Gasteiger partial charge is 0.493 e. The summed E-state index contributed by atoms with van der Waals surface area (Å²) in [6, 6.07) is 13.2. The van der Waals surface area contributed by atoms with Crippen molar-refractivity contribution in [2.45, 2.75) is 45.8 Å². The molecule has 0 spiro atoms. The van der Waals surface area contributed by atoms with E-state index in [0.29, 0.717) is 29.8 Å². The standard InChI is InChI=1S/C23H30N4O3/c1-6-29-19-13-15(7-12-18(19)28-5)21(24)22-25-20(26-27-22)14-30-17-10-8-16(9-11-17)23(2,3)4/h7-13,21H,6,14,24H2,1-5H3,(H,25,26,27)/t21-/m0/s1. The quantitative estimate of drug-likeness (QED) is 0.580. The number of H-pyrrole nitrogens is 1. The summed E-state index contributed by atoms with van der Waals surface area (Å²) in [5, 5.41) is 7.16. The molecular formula is C23H30N4O3. The minimum atomic E-state index is -0.494. The van der Waals surface area contributed by atoms with E-state index in [1.54, 1.807) is 7.11 Å². The van der Waals surface area contributed by atoms with Crippen LogP contribution < -0.4 is 19.9 Å². The molecule has 0 amide bonds. The smallest absolute Gasteiger partial charge is 0.172 e. The minimum Gasteiger partial charge on any atom is -0.493 e. The molecule has 0 aliphatic carbocycles. The number of ether oxygens (including phenoxy) is 3. The summed E-state index contributed by atoms with van der Waals surface area (Å²) in [6.07, 6.45) is 0. The maximum Gasteiger partial charge on any atom is 0.172 e. The van der Waals surface area contributed by atoms with Gasteiger partial charge >= 0.3 is 0 Å². The van der Waals surface area contributed by atoms with Crippen LogP contribution in [0.4, 0.5) is 0 Å². The summed E-state index contributed by atoms with van der Waals surface area (Å²) in [5.41, 5.74) is 8.57. The molecule has 30 heavy (non-hydrogen) atoms. The molecule has 0 radical (unpaired) electrons. The fourth-order valence-electron chi connectivity index (χ4n) is 3.02. The molecule has 3 aromatic rings. The predicted octanol–water partition coefficient (Wildman–Crippen LogP) is 4.14. The molecule has 3 rings (SSSR count). The van der Waals surface area contributed by atoms with Crippen molar-refractivity contribution in [3.8, 4) is 17.2 Å². The van der Waals surface area contributed by atoms with Crippen LogP contribution in [-0.4, -0.2) is 28.9 Å². The lowest BCUT2D eigenvalue weighted by atomic mass is 9.87. The van der Waals surface area contributed by atoms with Crippen LogP contribution >= 0.6 is 0 Å². The number of nitrogens with zero attached hydrogens (tertiary/aromatic N) is 2. The number of hydrogen-bond acceptors (Lipinski definition) is 6. The molecule has 1 aromatic heterocycles. The van der Waals surface area contributed by atoms with Crippen molar-refractivity contribution in [1.82, 2.24) is 15.2 Å². The summed E-state index contributed by atoms with van der Waals surface area (Å²) in [6.45, 7) is 9.28. The molecule has 1 atom stereocenters. The molecule has 1 heterocycles. The highest BCUT2D eigenvalue weighted by Gasteiger charge is 2.18. The lowest BCUT2D eigenvalue weighted by Crippen LogP contribution is -2.14. The van der Waals surface area contributed by atoms with Crippen molar-refractivity contribution in [1.29, 1.82) is 0 Å². The van der Waals surface area contributed by atoms with E-state index in [0.717, 1.165) is 11.3 Å². The van der Waals surface area contributed by atoms with E-state index in [9.17, 15) is 0 Å². The van der Waals surface area contributed by atoms with Gasteiger partial charge in [0.05, 0.1) is 19.8 Å². The highest BCUT2D eigenvalue weighted by atomic mass is 16.5. The number of nitrogens with one attached hydrogen (secondary N) is 1. The Morgan fingerprint density at radius 3 is 2.40 bits per heavy atom. The van der Waals surface area contributed by atoms with Gasteiger partial charge in [-0.1, -0.05) is 39.0 Å². The zero-order valence-electron chi connectivity index (χ0n) is 18.2. The van der Waals surface area contributed by atoms with E-state index in [1.165, 1.54) is 5.56 Å². The predicted molar refractivity (Wildman–Crippen MR) is 116 cm³/mol. The van der Waals surface area contributed by atoms with Gasteiger partial charge in [-0.05, 0) is 47.7 Å². The third-order valence-electron chi connectivity index (χ3n) is 4.77. The van der Waals surface area contributed by atoms with Crippen molar-refractivity contribution in [2.75, 3.05) is 13.7 Å². The first kappa shape index (κ1) is 21.6. The molecule has 0 fully saturated rings. The molecule has 2 aromatic carbocycles. The second kappa shape index (κ2) is 9.17. The van der Waals surface area contributed by atoms with Gasteiger partial charge in [0.25, 0.3) is 0 Å². The topological polar surface area (TPSA) is 95.3 Å². The van der Waals surface area contributed by atoms with Gasteiger partial charge in [0.2, 0.25) is 0 Å². The number of rotatable bonds is 8. The second-order valence-electron chi connectivity index (χ2n) is 8.02. The summed E-state index contributed by atoms with van der Waals surface area (Å²) in [4.78, 5) is 4.49. The molecule has 0 saturated heterocycles. The zero-order valence-corrected chi connectivity index (χ0v) is 18.2. The molecule has 160 valence electrons. The molecule has 7 heteroatoms.